The molecule has 1 aromatic heterocycles. The fraction of sp³-hybridized carbons (Fsp3) is 0.231. The lowest BCUT2D eigenvalue weighted by atomic mass is 9.96. The summed E-state index contributed by atoms with van der Waals surface area (Å²) in [6.45, 7) is 2.85. The van der Waals surface area contributed by atoms with Crippen molar-refractivity contribution in [3.63, 3.8) is 0 Å². The SMILES string of the molecule is CCc1cccc2c1OCCC2Nc1nc(-c2cccc(OC)c2)nc2ccccc12. The fourth-order valence-corrected chi connectivity index (χ4v) is 4.16. The number of hydrogen-bond acceptors (Lipinski definition) is 5. The molecule has 1 N–H and O–H groups in total. The largest absolute Gasteiger partial charge is 0.497 e. The second kappa shape index (κ2) is 8.26. The molecular formula is C26H25N3O2. The Morgan fingerprint density at radius 1 is 1.03 bits per heavy atom. The molecule has 0 amide bonds. The molecule has 0 fully saturated rings. The highest BCUT2D eigenvalue weighted by Crippen LogP contribution is 2.38. The monoisotopic (exact) mass is 411 g/mol. The summed E-state index contributed by atoms with van der Waals surface area (Å²) in [6, 6.07) is 22.5. The Hall–Kier alpha value is -3.60. The average molecular weight is 412 g/mol. The van der Waals surface area contributed by atoms with Gasteiger partial charge in [-0.2, -0.15) is 0 Å². The summed E-state index contributed by atoms with van der Waals surface area (Å²) in [5.74, 6) is 3.31. The van der Waals surface area contributed by atoms with Gasteiger partial charge in [0.25, 0.3) is 0 Å². The number of methoxy groups -OCH3 is 1. The maximum absolute atomic E-state index is 6.03. The Morgan fingerprint density at radius 2 is 1.90 bits per heavy atom. The molecule has 156 valence electrons. The van der Waals surface area contributed by atoms with Crippen LogP contribution in [0.3, 0.4) is 0 Å². The van der Waals surface area contributed by atoms with Gasteiger partial charge in [0.05, 0.1) is 25.3 Å². The van der Waals surface area contributed by atoms with Gasteiger partial charge in [0.15, 0.2) is 5.82 Å². The molecule has 0 spiro atoms. The molecule has 1 aliphatic heterocycles. The third-order valence-corrected chi connectivity index (χ3v) is 5.78. The van der Waals surface area contributed by atoms with Gasteiger partial charge in [-0.1, -0.05) is 49.4 Å². The van der Waals surface area contributed by atoms with E-state index >= 15 is 0 Å². The summed E-state index contributed by atoms with van der Waals surface area (Å²) in [6.07, 6.45) is 1.83. The Bertz CT molecular complexity index is 1240. The molecule has 0 saturated carbocycles. The van der Waals surface area contributed by atoms with Crippen LogP contribution in [0.25, 0.3) is 22.3 Å². The minimum atomic E-state index is 0.131. The summed E-state index contributed by atoms with van der Waals surface area (Å²) in [7, 11) is 1.67. The van der Waals surface area contributed by atoms with Crippen LogP contribution in [0, 0.1) is 0 Å². The Labute approximate surface area is 182 Å². The zero-order valence-electron chi connectivity index (χ0n) is 17.8. The second-order valence-corrected chi connectivity index (χ2v) is 7.67. The molecule has 1 atom stereocenters. The number of hydrogen-bond donors (Lipinski definition) is 1. The minimum Gasteiger partial charge on any atom is -0.497 e. The van der Waals surface area contributed by atoms with Crippen molar-refractivity contribution in [3.05, 3.63) is 77.9 Å². The number of fused-ring (bicyclic) bond motifs is 2. The van der Waals surface area contributed by atoms with E-state index in [1.807, 2.05) is 42.5 Å². The van der Waals surface area contributed by atoms with E-state index in [0.29, 0.717) is 12.4 Å². The molecule has 4 aromatic rings. The number of nitrogens with one attached hydrogen (secondary N) is 1. The molecule has 0 saturated heterocycles. The first kappa shape index (κ1) is 19.4. The standard InChI is InChI=1S/C26H25N3O2/c1-3-17-8-7-12-20-23(14-15-31-24(17)20)28-26-21-11-4-5-13-22(21)27-25(29-26)18-9-6-10-19(16-18)30-2/h4-13,16,23H,3,14-15H2,1-2H3,(H,27,28,29). The smallest absolute Gasteiger partial charge is 0.162 e. The minimum absolute atomic E-state index is 0.131. The highest BCUT2D eigenvalue weighted by Gasteiger charge is 2.24. The van der Waals surface area contributed by atoms with Crippen LogP contribution in [0.1, 0.15) is 30.5 Å². The van der Waals surface area contributed by atoms with E-state index in [0.717, 1.165) is 46.6 Å². The van der Waals surface area contributed by atoms with Crippen LogP contribution in [0.5, 0.6) is 11.5 Å². The van der Waals surface area contributed by atoms with Crippen molar-refractivity contribution in [2.24, 2.45) is 0 Å². The van der Waals surface area contributed by atoms with Crippen molar-refractivity contribution in [2.45, 2.75) is 25.8 Å². The third-order valence-electron chi connectivity index (χ3n) is 5.78. The van der Waals surface area contributed by atoms with Crippen molar-refractivity contribution < 1.29 is 9.47 Å². The molecule has 5 rings (SSSR count). The molecule has 1 unspecified atom stereocenters. The Balaban J connectivity index is 1.59. The van der Waals surface area contributed by atoms with Crippen LogP contribution in [-0.4, -0.2) is 23.7 Å². The molecule has 0 aliphatic carbocycles. The number of rotatable bonds is 5. The molecule has 1 aliphatic rings. The zero-order chi connectivity index (χ0) is 21.2. The number of benzene rings is 3. The molecule has 3 aromatic carbocycles. The summed E-state index contributed by atoms with van der Waals surface area (Å²) < 4.78 is 11.4. The Kier molecular flexibility index (Phi) is 5.16. The zero-order valence-corrected chi connectivity index (χ0v) is 17.8. The topological polar surface area (TPSA) is 56.3 Å². The quantitative estimate of drug-likeness (QED) is 0.449. The van der Waals surface area contributed by atoms with E-state index in [2.05, 4.69) is 36.5 Å². The van der Waals surface area contributed by atoms with E-state index < -0.39 is 0 Å². The van der Waals surface area contributed by atoms with Crippen molar-refractivity contribution in [3.8, 4) is 22.9 Å². The number of anilines is 1. The van der Waals surface area contributed by atoms with Gasteiger partial charge >= 0.3 is 0 Å². The van der Waals surface area contributed by atoms with E-state index in [-0.39, 0.29) is 6.04 Å². The van der Waals surface area contributed by atoms with Crippen LogP contribution in [-0.2, 0) is 6.42 Å². The third kappa shape index (κ3) is 3.67. The maximum Gasteiger partial charge on any atom is 0.162 e. The van der Waals surface area contributed by atoms with Crippen LogP contribution in [0.2, 0.25) is 0 Å². The van der Waals surface area contributed by atoms with E-state index in [9.17, 15) is 0 Å². The van der Waals surface area contributed by atoms with Crippen LogP contribution in [0.4, 0.5) is 5.82 Å². The van der Waals surface area contributed by atoms with E-state index in [4.69, 9.17) is 19.4 Å². The predicted molar refractivity (Wildman–Crippen MR) is 124 cm³/mol. The van der Waals surface area contributed by atoms with E-state index in [1.54, 1.807) is 7.11 Å². The molecule has 2 heterocycles. The molecule has 5 nitrogen and oxygen atoms in total. The first-order valence-corrected chi connectivity index (χ1v) is 10.7. The molecule has 0 radical (unpaired) electrons. The normalized spacial score (nSPS) is 15.2. The van der Waals surface area contributed by atoms with Crippen molar-refractivity contribution >= 4 is 16.7 Å². The van der Waals surface area contributed by atoms with E-state index in [1.165, 1.54) is 11.1 Å². The number of ether oxygens (including phenoxy) is 2. The number of aromatic nitrogens is 2. The molecule has 0 bridgehead atoms. The van der Waals surface area contributed by atoms with Gasteiger partial charge in [-0.25, -0.2) is 9.97 Å². The van der Waals surface area contributed by atoms with Gasteiger partial charge in [-0.3, -0.25) is 0 Å². The van der Waals surface area contributed by atoms with Crippen molar-refractivity contribution in [1.82, 2.24) is 9.97 Å². The lowest BCUT2D eigenvalue weighted by molar-refractivity contribution is 0.271. The predicted octanol–water partition coefficient (Wildman–Crippen LogP) is 5.80. The maximum atomic E-state index is 6.03. The summed E-state index contributed by atoms with van der Waals surface area (Å²) in [5.41, 5.74) is 4.27. The van der Waals surface area contributed by atoms with Gasteiger partial charge in [-0.15, -0.1) is 0 Å². The van der Waals surface area contributed by atoms with Gasteiger partial charge in [-0.05, 0) is 36.2 Å². The molecule has 5 heteroatoms. The number of para-hydroxylation sites is 2. The number of nitrogens with zero attached hydrogens (tertiary/aromatic N) is 2. The molecule has 31 heavy (non-hydrogen) atoms. The van der Waals surface area contributed by atoms with Gasteiger partial charge in [0.2, 0.25) is 0 Å². The van der Waals surface area contributed by atoms with Gasteiger partial charge in [0, 0.05) is 22.9 Å². The van der Waals surface area contributed by atoms with Crippen molar-refractivity contribution in [2.75, 3.05) is 19.0 Å². The Morgan fingerprint density at radius 3 is 2.77 bits per heavy atom. The highest BCUT2D eigenvalue weighted by molar-refractivity contribution is 5.90. The van der Waals surface area contributed by atoms with Crippen molar-refractivity contribution in [1.29, 1.82) is 0 Å². The first-order chi connectivity index (χ1) is 15.3. The fourth-order valence-electron chi connectivity index (χ4n) is 4.16. The van der Waals surface area contributed by atoms with Crippen LogP contribution >= 0.6 is 0 Å². The number of aryl methyl sites for hydroxylation is 1. The summed E-state index contributed by atoms with van der Waals surface area (Å²) >= 11 is 0. The second-order valence-electron chi connectivity index (χ2n) is 7.67. The summed E-state index contributed by atoms with van der Waals surface area (Å²) in [5, 5.41) is 4.72. The lowest BCUT2D eigenvalue weighted by Crippen LogP contribution is -2.22. The first-order valence-electron chi connectivity index (χ1n) is 10.7. The van der Waals surface area contributed by atoms with Gasteiger partial charge < -0.3 is 14.8 Å². The van der Waals surface area contributed by atoms with Crippen LogP contribution in [0.15, 0.2) is 66.7 Å². The highest BCUT2D eigenvalue weighted by atomic mass is 16.5. The van der Waals surface area contributed by atoms with Gasteiger partial charge in [0.1, 0.15) is 17.3 Å². The molecular weight excluding hydrogens is 386 g/mol. The lowest BCUT2D eigenvalue weighted by Gasteiger charge is -2.29. The van der Waals surface area contributed by atoms with Crippen LogP contribution < -0.4 is 14.8 Å². The summed E-state index contributed by atoms with van der Waals surface area (Å²) in [4.78, 5) is 9.75. The average Bonchev–Trinajstić information content (AvgIpc) is 2.83.